The van der Waals surface area contributed by atoms with E-state index in [1.165, 1.54) is 14.2 Å². The molecule has 0 rings (SSSR count). The number of carbonyl (C=O) groups excluding carboxylic acids is 1. The quantitative estimate of drug-likeness (QED) is 0.686. The first-order valence-electron chi connectivity index (χ1n) is 5.43. The Hall–Kier alpha value is -0.950. The standard InChI is InChI=1S/C10H20NO7P/c1-10(2,3)18-9(14)11-7(8(12)13)6-17-19(15-4)16-5/h7H,6H2,1-5H3,(H,11,14)(H,12,13). The molecular weight excluding hydrogens is 277 g/mol. The van der Waals surface area contributed by atoms with E-state index in [-0.39, 0.29) is 6.61 Å². The van der Waals surface area contributed by atoms with Gasteiger partial charge in [-0.3, -0.25) is 0 Å². The van der Waals surface area contributed by atoms with Crippen LogP contribution in [0.15, 0.2) is 0 Å². The Labute approximate surface area is 113 Å². The summed E-state index contributed by atoms with van der Waals surface area (Å²) in [7, 11) is 1.11. The predicted molar refractivity (Wildman–Crippen MR) is 67.7 cm³/mol. The molecule has 0 aromatic rings. The zero-order valence-electron chi connectivity index (χ0n) is 11.6. The fourth-order valence-electron chi connectivity index (χ4n) is 0.940. The van der Waals surface area contributed by atoms with E-state index in [1.807, 2.05) is 0 Å². The smallest absolute Gasteiger partial charge is 0.408 e. The number of nitrogens with one attached hydrogen (secondary N) is 1. The Balaban J connectivity index is 4.34. The summed E-state index contributed by atoms with van der Waals surface area (Å²) >= 11 is 0. The van der Waals surface area contributed by atoms with E-state index in [0.717, 1.165) is 0 Å². The van der Waals surface area contributed by atoms with Crippen LogP contribution in [0.5, 0.6) is 0 Å². The largest absolute Gasteiger partial charge is 0.480 e. The van der Waals surface area contributed by atoms with Crippen LogP contribution in [0.4, 0.5) is 4.79 Å². The van der Waals surface area contributed by atoms with Gasteiger partial charge in [0, 0.05) is 14.2 Å². The Morgan fingerprint density at radius 1 is 1.26 bits per heavy atom. The number of ether oxygens (including phenoxy) is 1. The highest BCUT2D eigenvalue weighted by molar-refractivity contribution is 7.41. The van der Waals surface area contributed by atoms with Gasteiger partial charge in [0.2, 0.25) is 0 Å². The molecule has 0 aromatic heterocycles. The molecule has 0 radical (unpaired) electrons. The lowest BCUT2D eigenvalue weighted by Gasteiger charge is -2.22. The summed E-state index contributed by atoms with van der Waals surface area (Å²) < 4.78 is 19.6. The highest BCUT2D eigenvalue weighted by Gasteiger charge is 2.25. The third-order valence-corrected chi connectivity index (χ3v) is 2.59. The molecule has 112 valence electrons. The van der Waals surface area contributed by atoms with Crippen LogP contribution in [0.2, 0.25) is 0 Å². The van der Waals surface area contributed by atoms with Crippen molar-refractivity contribution in [1.29, 1.82) is 0 Å². The maximum Gasteiger partial charge on any atom is 0.408 e. The first-order chi connectivity index (χ1) is 8.69. The van der Waals surface area contributed by atoms with Crippen LogP contribution < -0.4 is 5.32 Å². The molecule has 8 nitrogen and oxygen atoms in total. The second-order valence-corrected chi connectivity index (χ2v) is 5.86. The van der Waals surface area contributed by atoms with Crippen molar-refractivity contribution in [3.63, 3.8) is 0 Å². The number of amides is 1. The Morgan fingerprint density at radius 2 is 1.79 bits per heavy atom. The second kappa shape index (κ2) is 8.27. The molecule has 0 heterocycles. The monoisotopic (exact) mass is 297 g/mol. The summed E-state index contributed by atoms with van der Waals surface area (Å²) in [6, 6.07) is -1.25. The zero-order chi connectivity index (χ0) is 15.1. The third kappa shape index (κ3) is 8.72. The number of hydrogen-bond acceptors (Lipinski definition) is 6. The molecule has 1 atom stereocenters. The molecule has 0 aliphatic rings. The van der Waals surface area contributed by atoms with Crippen LogP contribution in [0.25, 0.3) is 0 Å². The van der Waals surface area contributed by atoms with Gasteiger partial charge >= 0.3 is 20.7 Å². The van der Waals surface area contributed by atoms with E-state index in [4.69, 9.17) is 23.4 Å². The van der Waals surface area contributed by atoms with E-state index >= 15 is 0 Å². The maximum atomic E-state index is 11.4. The highest BCUT2D eigenvalue weighted by atomic mass is 31.2. The SMILES string of the molecule is COP(OC)OCC(NC(=O)OC(C)(C)C)C(=O)O. The molecule has 0 fully saturated rings. The molecule has 9 heteroatoms. The summed E-state index contributed by atoms with van der Waals surface area (Å²) in [6.45, 7) is 4.73. The summed E-state index contributed by atoms with van der Waals surface area (Å²) in [4.78, 5) is 22.4. The highest BCUT2D eigenvalue weighted by Crippen LogP contribution is 2.37. The lowest BCUT2D eigenvalue weighted by molar-refractivity contribution is -0.140. The number of aliphatic carboxylic acids is 1. The van der Waals surface area contributed by atoms with Crippen LogP contribution in [0.1, 0.15) is 20.8 Å². The van der Waals surface area contributed by atoms with Crippen LogP contribution in [0, 0.1) is 0 Å². The van der Waals surface area contributed by atoms with Crippen LogP contribution >= 0.6 is 8.60 Å². The Kier molecular flexibility index (Phi) is 7.85. The molecule has 0 aliphatic carbocycles. The lowest BCUT2D eigenvalue weighted by Crippen LogP contribution is -2.45. The lowest BCUT2D eigenvalue weighted by atomic mass is 10.2. The molecule has 0 aromatic carbocycles. The number of rotatable bonds is 7. The third-order valence-electron chi connectivity index (χ3n) is 1.63. The van der Waals surface area contributed by atoms with Crippen molar-refractivity contribution in [1.82, 2.24) is 5.32 Å². The molecule has 1 amide bonds. The first kappa shape index (κ1) is 18.0. The zero-order valence-corrected chi connectivity index (χ0v) is 12.5. The average molecular weight is 297 g/mol. The number of hydrogen-bond donors (Lipinski definition) is 2. The molecule has 19 heavy (non-hydrogen) atoms. The number of carbonyl (C=O) groups is 2. The van der Waals surface area contributed by atoms with Gasteiger partial charge in [-0.15, -0.1) is 0 Å². The van der Waals surface area contributed by atoms with E-state index in [0.29, 0.717) is 0 Å². The minimum Gasteiger partial charge on any atom is -0.480 e. The Morgan fingerprint density at radius 3 is 2.16 bits per heavy atom. The van der Waals surface area contributed by atoms with Crippen molar-refractivity contribution < 1.29 is 33.0 Å². The van der Waals surface area contributed by atoms with Gasteiger partial charge in [0.25, 0.3) is 0 Å². The van der Waals surface area contributed by atoms with E-state index in [1.54, 1.807) is 20.8 Å². The number of carboxylic acids is 1. The molecule has 0 bridgehead atoms. The molecular formula is C10H20NO7P. The van der Waals surface area contributed by atoms with E-state index in [9.17, 15) is 9.59 Å². The van der Waals surface area contributed by atoms with Crippen LogP contribution in [0.3, 0.4) is 0 Å². The van der Waals surface area contributed by atoms with E-state index < -0.39 is 32.3 Å². The molecule has 0 saturated carbocycles. The Bertz CT molecular complexity index is 301. The summed E-state index contributed by atoms with van der Waals surface area (Å²) in [6.07, 6.45) is -0.831. The van der Waals surface area contributed by atoms with Gasteiger partial charge < -0.3 is 28.7 Å². The molecule has 2 N–H and O–H groups in total. The average Bonchev–Trinajstić information content (AvgIpc) is 2.25. The fourth-order valence-corrected chi connectivity index (χ4v) is 1.57. The summed E-state index contributed by atoms with van der Waals surface area (Å²) in [5.74, 6) is -1.24. The maximum absolute atomic E-state index is 11.4. The number of alkyl carbamates (subject to hydrolysis) is 1. The van der Waals surface area contributed by atoms with Crippen molar-refractivity contribution in [2.75, 3.05) is 20.8 Å². The van der Waals surface area contributed by atoms with Crippen molar-refractivity contribution in [3.05, 3.63) is 0 Å². The van der Waals surface area contributed by atoms with Gasteiger partial charge in [-0.2, -0.15) is 0 Å². The molecule has 0 spiro atoms. The van der Waals surface area contributed by atoms with Gasteiger partial charge in [0.05, 0.1) is 6.61 Å². The van der Waals surface area contributed by atoms with E-state index in [2.05, 4.69) is 5.32 Å². The van der Waals surface area contributed by atoms with Gasteiger partial charge in [0.1, 0.15) is 5.60 Å². The van der Waals surface area contributed by atoms with Gasteiger partial charge in [0.15, 0.2) is 6.04 Å². The van der Waals surface area contributed by atoms with Crippen molar-refractivity contribution >= 4 is 20.7 Å². The summed E-state index contributed by atoms with van der Waals surface area (Å²) in [5.41, 5.74) is -0.709. The second-order valence-electron chi connectivity index (χ2n) is 4.42. The van der Waals surface area contributed by atoms with Gasteiger partial charge in [-0.25, -0.2) is 9.59 Å². The molecule has 1 unspecified atom stereocenters. The molecule has 0 aliphatic heterocycles. The summed E-state index contributed by atoms with van der Waals surface area (Å²) in [5, 5.41) is 11.1. The van der Waals surface area contributed by atoms with Crippen LogP contribution in [-0.4, -0.2) is 49.6 Å². The first-order valence-corrected chi connectivity index (χ1v) is 6.52. The topological polar surface area (TPSA) is 103 Å². The van der Waals surface area contributed by atoms with Gasteiger partial charge in [-0.1, -0.05) is 0 Å². The normalized spacial score (nSPS) is 13.2. The van der Waals surface area contributed by atoms with Crippen molar-refractivity contribution in [3.8, 4) is 0 Å². The fraction of sp³-hybridized carbons (Fsp3) is 0.800. The van der Waals surface area contributed by atoms with Gasteiger partial charge in [-0.05, 0) is 20.8 Å². The minimum atomic E-state index is -1.62. The number of carboxylic acid groups (broad SMARTS) is 1. The van der Waals surface area contributed by atoms with Crippen LogP contribution in [-0.2, 0) is 23.1 Å². The predicted octanol–water partition coefficient (Wildman–Crippen LogP) is 1.50. The minimum absolute atomic E-state index is 0.290. The molecule has 0 saturated heterocycles. The van der Waals surface area contributed by atoms with Crippen molar-refractivity contribution in [2.45, 2.75) is 32.4 Å². The van der Waals surface area contributed by atoms with Crippen molar-refractivity contribution in [2.24, 2.45) is 0 Å².